The number of nitrogens with zero attached hydrogens (tertiary/aromatic N) is 4. The summed E-state index contributed by atoms with van der Waals surface area (Å²) < 4.78 is 10.5. The molecule has 0 unspecified atom stereocenters. The zero-order valence-corrected chi connectivity index (χ0v) is 15.6. The maximum absolute atomic E-state index is 11.7. The van der Waals surface area contributed by atoms with E-state index in [1.54, 1.807) is 24.4 Å². The van der Waals surface area contributed by atoms with Crippen LogP contribution >= 0.6 is 11.6 Å². The van der Waals surface area contributed by atoms with Crippen LogP contribution in [0, 0.1) is 10.1 Å². The van der Waals surface area contributed by atoms with Gasteiger partial charge in [0.1, 0.15) is 17.8 Å². The lowest BCUT2D eigenvalue weighted by atomic mass is 10.2. The number of benzene rings is 1. The van der Waals surface area contributed by atoms with Crippen molar-refractivity contribution in [2.24, 2.45) is 0 Å². The minimum atomic E-state index is -0.585. The lowest BCUT2D eigenvalue weighted by Gasteiger charge is -2.14. The summed E-state index contributed by atoms with van der Waals surface area (Å²) in [7, 11) is 2.93. The molecule has 0 fully saturated rings. The number of pyridine rings is 1. The molecule has 0 amide bonds. The van der Waals surface area contributed by atoms with Crippen molar-refractivity contribution in [2.75, 3.05) is 24.9 Å². The van der Waals surface area contributed by atoms with E-state index in [9.17, 15) is 10.1 Å². The van der Waals surface area contributed by atoms with Gasteiger partial charge < -0.3 is 20.1 Å². The highest BCUT2D eigenvalue weighted by Gasteiger charge is 2.24. The van der Waals surface area contributed by atoms with Gasteiger partial charge in [0.2, 0.25) is 11.6 Å². The second-order valence-electron chi connectivity index (χ2n) is 5.36. The highest BCUT2D eigenvalue weighted by molar-refractivity contribution is 6.32. The number of rotatable bonds is 7. The van der Waals surface area contributed by atoms with Crippen molar-refractivity contribution in [3.05, 3.63) is 58.1 Å². The van der Waals surface area contributed by atoms with E-state index in [4.69, 9.17) is 21.1 Å². The van der Waals surface area contributed by atoms with Crippen molar-refractivity contribution in [1.29, 1.82) is 0 Å². The first-order valence-electron chi connectivity index (χ1n) is 7.88. The van der Waals surface area contributed by atoms with E-state index in [1.165, 1.54) is 32.8 Å². The Kier molecular flexibility index (Phi) is 5.70. The maximum Gasteiger partial charge on any atom is 0.353 e. The summed E-state index contributed by atoms with van der Waals surface area (Å²) in [4.78, 5) is 23.0. The molecule has 0 aliphatic heterocycles. The van der Waals surface area contributed by atoms with Crippen LogP contribution in [0.3, 0.4) is 0 Å². The van der Waals surface area contributed by atoms with E-state index >= 15 is 0 Å². The molecule has 3 aromatic rings. The molecule has 0 atom stereocenters. The number of anilines is 4. The molecule has 1 aromatic carbocycles. The van der Waals surface area contributed by atoms with E-state index in [-0.39, 0.29) is 17.3 Å². The SMILES string of the molecule is COc1cc(OC)c(Nc2ncnc(Nc3cccnc3)c2[N+](=O)[O-])cc1Cl. The average Bonchev–Trinajstić information content (AvgIpc) is 2.69. The number of halogens is 1. The molecule has 0 saturated carbocycles. The van der Waals surface area contributed by atoms with Gasteiger partial charge in [0.05, 0.1) is 41.7 Å². The zero-order valence-electron chi connectivity index (χ0n) is 14.8. The van der Waals surface area contributed by atoms with Gasteiger partial charge in [-0.05, 0) is 18.2 Å². The van der Waals surface area contributed by atoms with Crippen molar-refractivity contribution < 1.29 is 14.4 Å². The molecule has 28 heavy (non-hydrogen) atoms. The molecule has 0 aliphatic rings. The topological polar surface area (TPSA) is 124 Å². The van der Waals surface area contributed by atoms with Crippen LogP contribution in [0.5, 0.6) is 11.5 Å². The Hall–Kier alpha value is -3.66. The third-order valence-electron chi connectivity index (χ3n) is 3.66. The lowest BCUT2D eigenvalue weighted by Crippen LogP contribution is -2.06. The zero-order chi connectivity index (χ0) is 20.1. The number of ether oxygens (including phenoxy) is 2. The number of hydrogen-bond donors (Lipinski definition) is 2. The Morgan fingerprint density at radius 1 is 1.11 bits per heavy atom. The molecule has 11 heteroatoms. The van der Waals surface area contributed by atoms with Gasteiger partial charge in [0.15, 0.2) is 0 Å². The van der Waals surface area contributed by atoms with Crippen LogP contribution in [0.15, 0.2) is 43.0 Å². The molecular formula is C17H15ClN6O4. The number of methoxy groups -OCH3 is 2. The molecule has 2 aromatic heterocycles. The quantitative estimate of drug-likeness (QED) is 0.446. The van der Waals surface area contributed by atoms with Crippen molar-refractivity contribution in [3.8, 4) is 11.5 Å². The summed E-state index contributed by atoms with van der Waals surface area (Å²) in [6, 6.07) is 6.49. The van der Waals surface area contributed by atoms with Gasteiger partial charge in [-0.1, -0.05) is 11.6 Å². The first-order chi connectivity index (χ1) is 13.5. The molecule has 0 spiro atoms. The molecule has 3 rings (SSSR count). The third-order valence-corrected chi connectivity index (χ3v) is 3.95. The fourth-order valence-corrected chi connectivity index (χ4v) is 2.63. The molecule has 0 saturated heterocycles. The van der Waals surface area contributed by atoms with Gasteiger partial charge in [0, 0.05) is 12.3 Å². The molecule has 0 radical (unpaired) electrons. The maximum atomic E-state index is 11.7. The van der Waals surface area contributed by atoms with E-state index in [0.717, 1.165) is 0 Å². The fraction of sp³-hybridized carbons (Fsp3) is 0.118. The van der Waals surface area contributed by atoms with Gasteiger partial charge >= 0.3 is 5.69 Å². The van der Waals surface area contributed by atoms with E-state index in [1.807, 2.05) is 0 Å². The van der Waals surface area contributed by atoms with Crippen molar-refractivity contribution in [2.45, 2.75) is 0 Å². The molecule has 0 aliphatic carbocycles. The van der Waals surface area contributed by atoms with Crippen LogP contribution < -0.4 is 20.1 Å². The minimum Gasteiger partial charge on any atom is -0.495 e. The average molecular weight is 403 g/mol. The van der Waals surface area contributed by atoms with Gasteiger partial charge in [-0.15, -0.1) is 0 Å². The summed E-state index contributed by atoms with van der Waals surface area (Å²) in [5.41, 5.74) is 0.572. The van der Waals surface area contributed by atoms with Crippen LogP contribution in [0.2, 0.25) is 5.02 Å². The predicted molar refractivity (Wildman–Crippen MR) is 104 cm³/mol. The van der Waals surface area contributed by atoms with Crippen LogP contribution in [-0.4, -0.2) is 34.1 Å². The van der Waals surface area contributed by atoms with Gasteiger partial charge in [-0.3, -0.25) is 15.1 Å². The monoisotopic (exact) mass is 402 g/mol. The summed E-state index contributed by atoms with van der Waals surface area (Å²) in [6.07, 6.45) is 4.31. The van der Waals surface area contributed by atoms with Crippen LogP contribution in [0.1, 0.15) is 0 Å². The van der Waals surface area contributed by atoms with Crippen LogP contribution in [0.25, 0.3) is 0 Å². The lowest BCUT2D eigenvalue weighted by molar-refractivity contribution is -0.383. The summed E-state index contributed by atoms with van der Waals surface area (Å²) in [5, 5.41) is 17.7. The molecule has 144 valence electrons. The number of nitro groups is 1. The normalized spacial score (nSPS) is 10.2. The van der Waals surface area contributed by atoms with Crippen LogP contribution in [0.4, 0.5) is 28.7 Å². The number of hydrogen-bond acceptors (Lipinski definition) is 9. The van der Waals surface area contributed by atoms with Gasteiger partial charge in [-0.25, -0.2) is 9.97 Å². The Balaban J connectivity index is 2.02. The van der Waals surface area contributed by atoms with Crippen molar-refractivity contribution in [3.63, 3.8) is 0 Å². The molecule has 0 bridgehead atoms. The van der Waals surface area contributed by atoms with E-state index in [0.29, 0.717) is 27.9 Å². The Morgan fingerprint density at radius 2 is 1.82 bits per heavy atom. The molecule has 10 nitrogen and oxygen atoms in total. The van der Waals surface area contributed by atoms with Gasteiger partial charge in [0.25, 0.3) is 0 Å². The molecule has 2 heterocycles. The predicted octanol–water partition coefficient (Wildman–Crippen LogP) is 3.94. The standard InChI is InChI=1S/C17H15ClN6O4/c1-27-13-7-14(28-2)12(6-11(13)18)23-17-15(24(25)26)16(20-9-21-17)22-10-4-3-5-19-8-10/h3-9H,1-2H3,(H2,20,21,22,23). The first-order valence-corrected chi connectivity index (χ1v) is 8.26. The Bertz CT molecular complexity index is 1000. The Morgan fingerprint density at radius 3 is 2.43 bits per heavy atom. The summed E-state index contributed by atoms with van der Waals surface area (Å²) in [5.74, 6) is 0.746. The summed E-state index contributed by atoms with van der Waals surface area (Å²) >= 11 is 6.16. The highest BCUT2D eigenvalue weighted by atomic mass is 35.5. The van der Waals surface area contributed by atoms with Crippen LogP contribution in [-0.2, 0) is 0 Å². The van der Waals surface area contributed by atoms with Gasteiger partial charge in [-0.2, -0.15) is 0 Å². The third kappa shape index (κ3) is 4.01. The largest absolute Gasteiger partial charge is 0.495 e. The Labute approximate surface area is 164 Å². The van der Waals surface area contributed by atoms with Crippen molar-refractivity contribution >= 4 is 40.3 Å². The summed E-state index contributed by atoms with van der Waals surface area (Å²) in [6.45, 7) is 0. The second kappa shape index (κ2) is 8.35. The van der Waals surface area contributed by atoms with E-state index in [2.05, 4.69) is 25.6 Å². The van der Waals surface area contributed by atoms with Crippen molar-refractivity contribution in [1.82, 2.24) is 15.0 Å². The fourth-order valence-electron chi connectivity index (χ4n) is 2.39. The highest BCUT2D eigenvalue weighted by Crippen LogP contribution is 2.39. The second-order valence-corrected chi connectivity index (χ2v) is 5.76. The molecular weight excluding hydrogens is 388 g/mol. The smallest absolute Gasteiger partial charge is 0.353 e. The van der Waals surface area contributed by atoms with E-state index < -0.39 is 4.92 Å². The first kappa shape index (κ1) is 19.1. The number of nitrogens with one attached hydrogen (secondary N) is 2. The minimum absolute atomic E-state index is 0.00840. The number of aromatic nitrogens is 3. The molecule has 2 N–H and O–H groups in total.